The Morgan fingerprint density at radius 1 is 1.26 bits per heavy atom. The van der Waals surface area contributed by atoms with Gasteiger partial charge in [-0.3, -0.25) is 11.3 Å². The Morgan fingerprint density at radius 2 is 2.11 bits per heavy atom. The molecule has 3 N–H and O–H groups in total. The number of rotatable bonds is 6. The van der Waals surface area contributed by atoms with Gasteiger partial charge in [-0.15, -0.1) is 0 Å². The molecule has 0 saturated heterocycles. The molecular formula is C14H18N2O3. The zero-order chi connectivity index (χ0) is 13.7. The predicted octanol–water partition coefficient (Wildman–Crippen LogP) is 2.04. The fourth-order valence-corrected chi connectivity index (χ4v) is 2.01. The van der Waals surface area contributed by atoms with Crippen LogP contribution in [0, 0.1) is 0 Å². The molecule has 0 amide bonds. The third-order valence-corrected chi connectivity index (χ3v) is 3.04. The van der Waals surface area contributed by atoms with E-state index in [2.05, 4.69) is 5.43 Å². The quantitative estimate of drug-likeness (QED) is 0.616. The first-order valence-corrected chi connectivity index (χ1v) is 5.97. The smallest absolute Gasteiger partial charge is 0.127 e. The van der Waals surface area contributed by atoms with Gasteiger partial charge in [0.25, 0.3) is 0 Å². The molecule has 102 valence electrons. The van der Waals surface area contributed by atoms with E-state index >= 15 is 0 Å². The Labute approximate surface area is 112 Å². The summed E-state index contributed by atoms with van der Waals surface area (Å²) in [6.45, 7) is 0. The molecule has 1 unspecified atom stereocenters. The third kappa shape index (κ3) is 3.07. The van der Waals surface area contributed by atoms with E-state index in [0.717, 1.165) is 29.0 Å². The molecule has 1 atom stereocenters. The minimum absolute atomic E-state index is 0.0570. The molecule has 19 heavy (non-hydrogen) atoms. The summed E-state index contributed by atoms with van der Waals surface area (Å²) in [7, 11) is 3.25. The van der Waals surface area contributed by atoms with Crippen molar-refractivity contribution in [2.24, 2.45) is 5.84 Å². The molecule has 5 nitrogen and oxygen atoms in total. The van der Waals surface area contributed by atoms with Crippen LogP contribution in [-0.4, -0.2) is 14.2 Å². The van der Waals surface area contributed by atoms with Crippen molar-refractivity contribution in [3.8, 4) is 11.5 Å². The number of hydrogen-bond donors (Lipinski definition) is 2. The fraction of sp³-hybridized carbons (Fsp3) is 0.286. The number of nitrogens with two attached hydrogens (primary N) is 1. The first-order chi connectivity index (χ1) is 9.28. The molecule has 0 radical (unpaired) electrons. The average molecular weight is 262 g/mol. The highest BCUT2D eigenvalue weighted by Crippen LogP contribution is 2.30. The molecule has 0 aliphatic heterocycles. The lowest BCUT2D eigenvalue weighted by Gasteiger charge is -2.19. The van der Waals surface area contributed by atoms with E-state index in [1.165, 1.54) is 0 Å². The van der Waals surface area contributed by atoms with Crippen molar-refractivity contribution >= 4 is 0 Å². The van der Waals surface area contributed by atoms with Crippen molar-refractivity contribution in [2.75, 3.05) is 14.2 Å². The molecule has 2 rings (SSSR count). The highest BCUT2D eigenvalue weighted by Gasteiger charge is 2.16. The summed E-state index contributed by atoms with van der Waals surface area (Å²) in [4.78, 5) is 0. The highest BCUT2D eigenvalue weighted by molar-refractivity contribution is 5.43. The van der Waals surface area contributed by atoms with E-state index in [9.17, 15) is 0 Å². The van der Waals surface area contributed by atoms with Gasteiger partial charge in [0.1, 0.15) is 11.5 Å². The zero-order valence-corrected chi connectivity index (χ0v) is 11.1. The zero-order valence-electron chi connectivity index (χ0n) is 11.1. The van der Waals surface area contributed by atoms with Crippen LogP contribution in [0.4, 0.5) is 0 Å². The van der Waals surface area contributed by atoms with Crippen LogP contribution >= 0.6 is 0 Å². The number of methoxy groups -OCH3 is 2. The molecule has 0 aliphatic rings. The van der Waals surface area contributed by atoms with Crippen molar-refractivity contribution in [1.29, 1.82) is 0 Å². The summed E-state index contributed by atoms with van der Waals surface area (Å²) in [5.41, 5.74) is 4.86. The van der Waals surface area contributed by atoms with Crippen LogP contribution in [0.15, 0.2) is 41.2 Å². The van der Waals surface area contributed by atoms with Gasteiger partial charge in [0.15, 0.2) is 0 Å². The van der Waals surface area contributed by atoms with Crippen LogP contribution in [-0.2, 0) is 6.42 Å². The largest absolute Gasteiger partial charge is 0.497 e. The molecule has 1 aromatic carbocycles. The van der Waals surface area contributed by atoms with E-state index < -0.39 is 0 Å². The monoisotopic (exact) mass is 262 g/mol. The van der Waals surface area contributed by atoms with Gasteiger partial charge in [0.05, 0.1) is 32.8 Å². The molecule has 0 aliphatic carbocycles. The minimum Gasteiger partial charge on any atom is -0.497 e. The van der Waals surface area contributed by atoms with Crippen LogP contribution in [0.1, 0.15) is 17.2 Å². The SMILES string of the molecule is COc1ccc(C(Cc2ccoc2)NN)c(OC)c1. The number of benzene rings is 1. The van der Waals surface area contributed by atoms with Gasteiger partial charge in [-0.25, -0.2) is 0 Å². The molecular weight excluding hydrogens is 244 g/mol. The Bertz CT molecular complexity index is 511. The molecule has 1 aromatic heterocycles. The van der Waals surface area contributed by atoms with E-state index in [1.54, 1.807) is 26.7 Å². The van der Waals surface area contributed by atoms with Gasteiger partial charge in [0.2, 0.25) is 0 Å². The first kappa shape index (κ1) is 13.5. The van der Waals surface area contributed by atoms with Crippen LogP contribution in [0.3, 0.4) is 0 Å². The highest BCUT2D eigenvalue weighted by atomic mass is 16.5. The number of nitrogens with one attached hydrogen (secondary N) is 1. The molecule has 5 heteroatoms. The van der Waals surface area contributed by atoms with E-state index in [1.807, 2.05) is 24.3 Å². The summed E-state index contributed by atoms with van der Waals surface area (Å²) < 4.78 is 15.6. The summed E-state index contributed by atoms with van der Waals surface area (Å²) in [6.07, 6.45) is 4.07. The van der Waals surface area contributed by atoms with Gasteiger partial charge < -0.3 is 13.9 Å². The van der Waals surface area contributed by atoms with Crippen molar-refractivity contribution in [1.82, 2.24) is 5.43 Å². The van der Waals surface area contributed by atoms with E-state index in [-0.39, 0.29) is 6.04 Å². The molecule has 2 aromatic rings. The number of hydrogen-bond acceptors (Lipinski definition) is 5. The van der Waals surface area contributed by atoms with Crippen molar-refractivity contribution in [2.45, 2.75) is 12.5 Å². The maximum absolute atomic E-state index is 5.65. The normalized spacial score (nSPS) is 12.2. The molecule has 0 fully saturated rings. The first-order valence-electron chi connectivity index (χ1n) is 5.97. The lowest BCUT2D eigenvalue weighted by Crippen LogP contribution is -2.29. The van der Waals surface area contributed by atoms with Gasteiger partial charge in [-0.05, 0) is 24.1 Å². The van der Waals surface area contributed by atoms with Crippen molar-refractivity contribution < 1.29 is 13.9 Å². The number of ether oxygens (including phenoxy) is 2. The van der Waals surface area contributed by atoms with Crippen LogP contribution in [0.5, 0.6) is 11.5 Å². The third-order valence-electron chi connectivity index (χ3n) is 3.04. The molecule has 0 bridgehead atoms. The average Bonchev–Trinajstić information content (AvgIpc) is 2.97. The maximum atomic E-state index is 5.65. The Hall–Kier alpha value is -1.98. The van der Waals surface area contributed by atoms with Gasteiger partial charge in [0, 0.05) is 11.6 Å². The second-order valence-electron chi connectivity index (χ2n) is 4.16. The van der Waals surface area contributed by atoms with Gasteiger partial charge in [-0.1, -0.05) is 6.07 Å². The van der Waals surface area contributed by atoms with Crippen LogP contribution in [0.2, 0.25) is 0 Å². The topological polar surface area (TPSA) is 69.7 Å². The number of hydrazine groups is 1. The van der Waals surface area contributed by atoms with Crippen molar-refractivity contribution in [3.63, 3.8) is 0 Å². The van der Waals surface area contributed by atoms with Gasteiger partial charge in [-0.2, -0.15) is 0 Å². The molecule has 0 saturated carbocycles. The summed E-state index contributed by atoms with van der Waals surface area (Å²) in [5.74, 6) is 7.14. The Balaban J connectivity index is 2.26. The van der Waals surface area contributed by atoms with Crippen LogP contribution in [0.25, 0.3) is 0 Å². The summed E-state index contributed by atoms with van der Waals surface area (Å²) >= 11 is 0. The standard InChI is InChI=1S/C14H18N2O3/c1-17-11-3-4-12(14(8-11)18-2)13(16-15)7-10-5-6-19-9-10/h3-6,8-9,13,16H,7,15H2,1-2H3. The predicted molar refractivity (Wildman–Crippen MR) is 72.0 cm³/mol. The van der Waals surface area contributed by atoms with Gasteiger partial charge >= 0.3 is 0 Å². The Morgan fingerprint density at radius 3 is 2.68 bits per heavy atom. The molecule has 0 spiro atoms. The lowest BCUT2D eigenvalue weighted by atomic mass is 10.00. The maximum Gasteiger partial charge on any atom is 0.127 e. The Kier molecular flexibility index (Phi) is 4.43. The second-order valence-corrected chi connectivity index (χ2v) is 4.16. The second kappa shape index (κ2) is 6.26. The van der Waals surface area contributed by atoms with Crippen LogP contribution < -0.4 is 20.7 Å². The lowest BCUT2D eigenvalue weighted by molar-refractivity contribution is 0.384. The molecule has 1 heterocycles. The van der Waals surface area contributed by atoms with E-state index in [4.69, 9.17) is 19.7 Å². The fourth-order valence-electron chi connectivity index (χ4n) is 2.01. The summed E-state index contributed by atoms with van der Waals surface area (Å²) in [5, 5.41) is 0. The van der Waals surface area contributed by atoms with Crippen molar-refractivity contribution in [3.05, 3.63) is 47.9 Å². The van der Waals surface area contributed by atoms with E-state index in [0.29, 0.717) is 0 Å². The number of furan rings is 1. The minimum atomic E-state index is -0.0570. The summed E-state index contributed by atoms with van der Waals surface area (Å²) in [6, 6.07) is 7.54.